The van der Waals surface area contributed by atoms with E-state index >= 15 is 0 Å². The Bertz CT molecular complexity index is 5370. The van der Waals surface area contributed by atoms with E-state index in [4.69, 9.17) is 0 Å². The SMILES string of the molecule is Cc1c(C)c(C)c(S(=O)(=O)c2ccc(-c3ccc(-c4ccccc4)c(-c4ccc(-c5c(-c6ccc(S(=O)(=O)c7c(C)c(C)c(C)c(C)c7C)cc6)ccc(-c6ccc(S(=O)(=O)c7c(C)c(C)c(C)c(C)c7C)cc6)c5-c5ccccc5)cc4)c3-c3ccccc3)cc2)c(C)c1C. The molecule has 0 atom stereocenters. The van der Waals surface area contributed by atoms with E-state index in [9.17, 15) is 25.3 Å². The standard InChI is InChI=1S/C87H80O6S3/c1-51-54(4)60(10)85(61(11)55(51)5)94(88,89)74-41-35-67(36-42-74)78-48-47-77(66-25-19-16-20-26-66)83(81(78)70-27-21-17-22-28-70)72-31-33-73(34-32-72)84-80(69-39-45-76(46-40-69)96(92,93)87-64(14)58(8)53(3)59(9)65(87)15)50-49-79(82(84)71-29-23-18-24-30-71)68-37-43-75(44-38-68)95(90,91)86-62(12)56(6)52(2)57(7)63(86)13/h16-50H,1-15H3. The van der Waals surface area contributed by atoms with E-state index in [1.165, 1.54) is 0 Å². The van der Waals surface area contributed by atoms with E-state index in [2.05, 4.69) is 84.9 Å². The molecule has 0 bridgehead atoms. The summed E-state index contributed by atoms with van der Waals surface area (Å²) < 4.78 is 88.8. The number of rotatable bonds is 14. The minimum Gasteiger partial charge on any atom is -0.218 e. The highest BCUT2D eigenvalue weighted by Gasteiger charge is 2.31. The van der Waals surface area contributed by atoms with Gasteiger partial charge < -0.3 is 0 Å². The molecule has 0 spiro atoms. The van der Waals surface area contributed by atoms with Crippen molar-refractivity contribution in [3.63, 3.8) is 0 Å². The minimum absolute atomic E-state index is 0.200. The fraction of sp³-hybridized carbons (Fsp3) is 0.172. The first-order chi connectivity index (χ1) is 45.7. The maximum atomic E-state index is 14.9. The Morgan fingerprint density at radius 2 is 0.323 bits per heavy atom. The van der Waals surface area contributed by atoms with Crippen LogP contribution in [-0.4, -0.2) is 25.3 Å². The maximum absolute atomic E-state index is 14.9. The van der Waals surface area contributed by atoms with E-state index < -0.39 is 29.5 Å². The lowest BCUT2D eigenvalue weighted by atomic mass is 9.81. The van der Waals surface area contributed by atoms with Crippen molar-refractivity contribution in [3.8, 4) is 89.0 Å². The summed E-state index contributed by atoms with van der Waals surface area (Å²) in [6, 6.07) is 69.9. The van der Waals surface area contributed by atoms with E-state index in [0.717, 1.165) is 172 Å². The van der Waals surface area contributed by atoms with Crippen molar-refractivity contribution in [1.82, 2.24) is 0 Å². The molecule has 0 saturated carbocycles. The summed E-state index contributed by atoms with van der Waals surface area (Å²) in [6.45, 7) is 29.5. The summed E-state index contributed by atoms with van der Waals surface area (Å²) in [7, 11) is -11.8. The number of benzene rings is 12. The molecule has 0 aliphatic rings. The molecule has 12 aromatic rings. The van der Waals surface area contributed by atoms with Gasteiger partial charge in [0.15, 0.2) is 0 Å². The molecule has 0 aliphatic heterocycles. The summed E-state index contributed by atoms with van der Waals surface area (Å²) in [6.07, 6.45) is 0. The molecular formula is C87H80O6S3. The highest BCUT2D eigenvalue weighted by Crippen LogP contribution is 2.50. The molecule has 9 heteroatoms. The fourth-order valence-corrected chi connectivity index (χ4v) is 19.9. The molecule has 12 rings (SSSR count). The van der Waals surface area contributed by atoms with E-state index in [1.807, 2.05) is 195 Å². The molecule has 0 amide bonds. The van der Waals surface area contributed by atoms with Crippen LogP contribution >= 0.6 is 0 Å². The Hall–Kier alpha value is -9.51. The molecule has 0 N–H and O–H groups in total. The third-order valence-corrected chi connectivity index (χ3v) is 27.2. The van der Waals surface area contributed by atoms with Gasteiger partial charge in [0, 0.05) is 0 Å². The monoisotopic (exact) mass is 1320 g/mol. The molecule has 0 saturated heterocycles. The molecule has 0 aliphatic carbocycles. The Morgan fingerprint density at radius 1 is 0.167 bits per heavy atom. The van der Waals surface area contributed by atoms with Crippen molar-refractivity contribution >= 4 is 29.5 Å². The molecule has 6 nitrogen and oxygen atoms in total. The van der Waals surface area contributed by atoms with Crippen molar-refractivity contribution in [3.05, 3.63) is 296 Å². The quantitative estimate of drug-likeness (QED) is 0.107. The molecule has 0 aromatic heterocycles. The highest BCUT2D eigenvalue weighted by molar-refractivity contribution is 7.92. The fourth-order valence-electron chi connectivity index (χ4n) is 14.4. The number of hydrogen-bond donors (Lipinski definition) is 0. The predicted octanol–water partition coefficient (Wildman–Crippen LogP) is 22.1. The van der Waals surface area contributed by atoms with Gasteiger partial charge in [-0.2, -0.15) is 0 Å². The topological polar surface area (TPSA) is 102 Å². The molecule has 12 aromatic carbocycles. The van der Waals surface area contributed by atoms with Gasteiger partial charge in [-0.15, -0.1) is 0 Å². The Kier molecular flexibility index (Phi) is 17.7. The van der Waals surface area contributed by atoms with Crippen LogP contribution in [0.3, 0.4) is 0 Å². The zero-order valence-electron chi connectivity index (χ0n) is 57.4. The van der Waals surface area contributed by atoms with Crippen molar-refractivity contribution in [2.24, 2.45) is 0 Å². The van der Waals surface area contributed by atoms with E-state index in [-0.39, 0.29) is 14.7 Å². The van der Waals surface area contributed by atoms with Crippen LogP contribution in [0.2, 0.25) is 0 Å². The number of hydrogen-bond acceptors (Lipinski definition) is 6. The second-order valence-electron chi connectivity index (χ2n) is 25.9. The van der Waals surface area contributed by atoms with Gasteiger partial charge in [-0.3, -0.25) is 0 Å². The second-order valence-corrected chi connectivity index (χ2v) is 31.6. The molecule has 0 radical (unpaired) electrons. The lowest BCUT2D eigenvalue weighted by Crippen LogP contribution is -2.10. The summed E-state index contributed by atoms with van der Waals surface area (Å²) >= 11 is 0. The van der Waals surface area contributed by atoms with E-state index in [1.54, 1.807) is 36.4 Å². The lowest BCUT2D eigenvalue weighted by Gasteiger charge is -2.23. The third kappa shape index (κ3) is 11.3. The van der Waals surface area contributed by atoms with Crippen molar-refractivity contribution in [1.29, 1.82) is 0 Å². The van der Waals surface area contributed by atoms with Crippen molar-refractivity contribution in [2.75, 3.05) is 0 Å². The molecule has 96 heavy (non-hydrogen) atoms. The van der Waals surface area contributed by atoms with Crippen LogP contribution < -0.4 is 0 Å². The average molecular weight is 1320 g/mol. The van der Waals surface area contributed by atoms with Gasteiger partial charge in [0.2, 0.25) is 29.5 Å². The molecule has 482 valence electrons. The highest BCUT2D eigenvalue weighted by atomic mass is 32.2. The van der Waals surface area contributed by atoms with Gasteiger partial charge in [-0.25, -0.2) is 25.3 Å². The van der Waals surface area contributed by atoms with Crippen molar-refractivity contribution in [2.45, 2.75) is 133 Å². The van der Waals surface area contributed by atoms with Crippen LogP contribution in [0.1, 0.15) is 83.5 Å². The number of sulfone groups is 3. The third-order valence-electron chi connectivity index (χ3n) is 21.1. The van der Waals surface area contributed by atoms with Crippen molar-refractivity contribution < 1.29 is 25.3 Å². The minimum atomic E-state index is -3.95. The predicted molar refractivity (Wildman–Crippen MR) is 397 cm³/mol. The van der Waals surface area contributed by atoms with Crippen LogP contribution in [0, 0.1) is 104 Å². The van der Waals surface area contributed by atoms with Gasteiger partial charge in [-0.05, 0) is 313 Å². The summed E-state index contributed by atoms with van der Waals surface area (Å²) in [5.74, 6) is 0. The largest absolute Gasteiger partial charge is 0.218 e. The normalized spacial score (nSPS) is 11.9. The second kappa shape index (κ2) is 25.6. The maximum Gasteiger partial charge on any atom is 0.207 e. The Morgan fingerprint density at radius 3 is 0.531 bits per heavy atom. The first kappa shape index (κ1) is 66.5. The molecule has 0 heterocycles. The van der Waals surface area contributed by atoms with Crippen LogP contribution in [-0.2, 0) is 29.5 Å². The van der Waals surface area contributed by atoms with Crippen LogP contribution in [0.15, 0.2) is 242 Å². The van der Waals surface area contributed by atoms with Gasteiger partial charge in [0.25, 0.3) is 0 Å². The van der Waals surface area contributed by atoms with Crippen LogP contribution in [0.25, 0.3) is 89.0 Å². The first-order valence-electron chi connectivity index (χ1n) is 32.6. The molecule has 0 unspecified atom stereocenters. The summed E-state index contributed by atoms with van der Waals surface area (Å²) in [5.41, 5.74) is 28.3. The zero-order valence-corrected chi connectivity index (χ0v) is 59.8. The van der Waals surface area contributed by atoms with Gasteiger partial charge in [-0.1, -0.05) is 176 Å². The van der Waals surface area contributed by atoms with Gasteiger partial charge in [0.05, 0.1) is 29.4 Å². The Labute approximate surface area is 568 Å². The molecule has 0 fully saturated rings. The van der Waals surface area contributed by atoms with E-state index in [0.29, 0.717) is 14.7 Å². The van der Waals surface area contributed by atoms with Gasteiger partial charge >= 0.3 is 0 Å². The van der Waals surface area contributed by atoms with Crippen LogP contribution in [0.4, 0.5) is 0 Å². The lowest BCUT2D eigenvalue weighted by molar-refractivity contribution is 0.592. The smallest absolute Gasteiger partial charge is 0.207 e. The zero-order chi connectivity index (χ0) is 68.6. The van der Waals surface area contributed by atoms with Gasteiger partial charge in [0.1, 0.15) is 0 Å². The van der Waals surface area contributed by atoms with Crippen LogP contribution in [0.5, 0.6) is 0 Å². The summed E-state index contributed by atoms with van der Waals surface area (Å²) in [5, 5.41) is 0. The average Bonchev–Trinajstić information content (AvgIpc) is 0.804. The Balaban J connectivity index is 1.07. The molecular weight excluding hydrogens is 1240 g/mol. The first-order valence-corrected chi connectivity index (χ1v) is 37.0. The summed E-state index contributed by atoms with van der Waals surface area (Å²) in [4.78, 5) is 1.69.